The molecule has 2 aromatic rings. The minimum absolute atomic E-state index is 0.0295. The molecule has 1 aromatic heterocycles. The number of alkyl halides is 3. The summed E-state index contributed by atoms with van der Waals surface area (Å²) in [6.45, 7) is 5.19. The summed E-state index contributed by atoms with van der Waals surface area (Å²) in [6.07, 6.45) is -0.173. The van der Waals surface area contributed by atoms with Gasteiger partial charge in [0.1, 0.15) is 6.67 Å². The number of hydrogen-bond donors (Lipinski definition) is 0. The van der Waals surface area contributed by atoms with Gasteiger partial charge in [-0.15, -0.1) is 0 Å². The first-order chi connectivity index (χ1) is 14.3. The van der Waals surface area contributed by atoms with E-state index in [1.165, 1.54) is 0 Å². The van der Waals surface area contributed by atoms with Crippen LogP contribution in [0.3, 0.4) is 0 Å². The summed E-state index contributed by atoms with van der Waals surface area (Å²) in [7, 11) is 0. The maximum atomic E-state index is 12.8. The topological polar surface area (TPSA) is 76.1 Å². The minimum atomic E-state index is -4.67. The molecule has 0 unspecified atom stereocenters. The zero-order valence-electron chi connectivity index (χ0n) is 16.4. The van der Waals surface area contributed by atoms with E-state index >= 15 is 0 Å². The number of morpholine rings is 1. The zero-order chi connectivity index (χ0) is 21.1. The quantitative estimate of drug-likeness (QED) is 0.708. The van der Waals surface area contributed by atoms with Gasteiger partial charge in [-0.25, -0.2) is 0 Å². The van der Waals surface area contributed by atoms with E-state index in [2.05, 4.69) is 36.5 Å². The average molecular weight is 419 g/mol. The molecule has 0 aliphatic carbocycles. The van der Waals surface area contributed by atoms with Gasteiger partial charge < -0.3 is 14.2 Å². The Morgan fingerprint density at radius 1 is 1.17 bits per heavy atom. The Hall–Kier alpha value is -2.75. The largest absolute Gasteiger partial charge is 0.471 e. The molecule has 4 heterocycles. The Morgan fingerprint density at radius 3 is 2.63 bits per heavy atom. The summed E-state index contributed by atoms with van der Waals surface area (Å²) in [5, 5.41) is 3.52. The van der Waals surface area contributed by atoms with Gasteiger partial charge in [0.05, 0.1) is 23.7 Å². The number of benzene rings is 1. The van der Waals surface area contributed by atoms with E-state index in [-0.39, 0.29) is 24.1 Å². The first-order valence-corrected chi connectivity index (χ1v) is 9.75. The highest BCUT2D eigenvalue weighted by Gasteiger charge is 2.51. The molecule has 3 atom stereocenters. The molecule has 1 fully saturated rings. The highest BCUT2D eigenvalue weighted by atomic mass is 19.4. The normalized spacial score (nSPS) is 27.2. The highest BCUT2D eigenvalue weighted by molar-refractivity contribution is 5.94. The fourth-order valence-corrected chi connectivity index (χ4v) is 4.89. The van der Waals surface area contributed by atoms with Gasteiger partial charge in [-0.1, -0.05) is 5.16 Å². The molecule has 7 nitrogen and oxygen atoms in total. The van der Waals surface area contributed by atoms with Crippen LogP contribution < -0.4 is 4.90 Å². The average Bonchev–Trinajstić information content (AvgIpc) is 3.18. The molecule has 10 heteroatoms. The van der Waals surface area contributed by atoms with Crippen molar-refractivity contribution in [2.24, 2.45) is 15.4 Å². The smallest absolute Gasteiger partial charge is 0.372 e. The Kier molecular flexibility index (Phi) is 4.25. The van der Waals surface area contributed by atoms with E-state index in [4.69, 9.17) is 4.74 Å². The molecule has 0 bridgehead atoms. The number of fused-ring (bicyclic) bond motifs is 4. The van der Waals surface area contributed by atoms with Crippen molar-refractivity contribution < 1.29 is 22.4 Å². The summed E-state index contributed by atoms with van der Waals surface area (Å²) in [6, 6.07) is 5.50. The monoisotopic (exact) mass is 419 g/mol. The maximum absolute atomic E-state index is 12.8. The van der Waals surface area contributed by atoms with Gasteiger partial charge in [-0.3, -0.25) is 9.98 Å². The molecule has 3 aliphatic heterocycles. The molecule has 0 N–H and O–H groups in total. The lowest BCUT2D eigenvalue weighted by Gasteiger charge is -2.54. The maximum Gasteiger partial charge on any atom is 0.471 e. The SMILES string of the molecule is C[C@@H]1CN2c3ccc(-c4noc(C(F)(F)F)n4)cc3CC3(C=NCN=C3)[C@H]2[C@H](C)O1. The summed E-state index contributed by atoms with van der Waals surface area (Å²) in [5.41, 5.74) is 2.03. The Bertz CT molecular complexity index is 1020. The zero-order valence-corrected chi connectivity index (χ0v) is 16.4. The highest BCUT2D eigenvalue weighted by Crippen LogP contribution is 2.45. The first-order valence-electron chi connectivity index (χ1n) is 9.75. The van der Waals surface area contributed by atoms with Crippen LogP contribution >= 0.6 is 0 Å². The molecule has 0 radical (unpaired) electrons. The number of anilines is 1. The predicted molar refractivity (Wildman–Crippen MR) is 104 cm³/mol. The molecule has 0 amide bonds. The van der Waals surface area contributed by atoms with Gasteiger partial charge in [0, 0.05) is 30.2 Å². The van der Waals surface area contributed by atoms with Crippen molar-refractivity contribution in [2.75, 3.05) is 18.1 Å². The molecule has 3 aliphatic rings. The lowest BCUT2D eigenvalue weighted by Crippen LogP contribution is -2.65. The number of rotatable bonds is 1. The second-order valence-corrected chi connectivity index (χ2v) is 8.07. The summed E-state index contributed by atoms with van der Waals surface area (Å²) >= 11 is 0. The first kappa shape index (κ1) is 19.2. The van der Waals surface area contributed by atoms with E-state index in [9.17, 15) is 13.2 Å². The molecule has 1 saturated heterocycles. The van der Waals surface area contributed by atoms with Crippen LogP contribution in [0.5, 0.6) is 0 Å². The lowest BCUT2D eigenvalue weighted by molar-refractivity contribution is -0.159. The number of aliphatic imine (C=N–C) groups is 2. The van der Waals surface area contributed by atoms with Gasteiger partial charge >= 0.3 is 12.1 Å². The third-order valence-electron chi connectivity index (χ3n) is 5.87. The van der Waals surface area contributed by atoms with Crippen LogP contribution in [-0.4, -0.2) is 54.0 Å². The van der Waals surface area contributed by atoms with E-state index in [1.807, 2.05) is 31.5 Å². The number of ether oxygens (including phenoxy) is 1. The molecule has 30 heavy (non-hydrogen) atoms. The van der Waals surface area contributed by atoms with Crippen molar-refractivity contribution in [1.29, 1.82) is 0 Å². The van der Waals surface area contributed by atoms with E-state index in [0.29, 0.717) is 25.2 Å². The van der Waals surface area contributed by atoms with Crippen LogP contribution in [0.2, 0.25) is 0 Å². The van der Waals surface area contributed by atoms with Crippen LogP contribution in [0.1, 0.15) is 25.3 Å². The summed E-state index contributed by atoms with van der Waals surface area (Å²) in [5.74, 6) is -1.44. The van der Waals surface area contributed by atoms with Crippen molar-refractivity contribution in [3.8, 4) is 11.4 Å². The molecule has 5 rings (SSSR count). The third-order valence-corrected chi connectivity index (χ3v) is 5.87. The number of hydrogen-bond acceptors (Lipinski definition) is 7. The Balaban J connectivity index is 1.59. The fourth-order valence-electron chi connectivity index (χ4n) is 4.89. The fraction of sp³-hybridized carbons (Fsp3) is 0.500. The van der Waals surface area contributed by atoms with Gasteiger partial charge in [0.2, 0.25) is 5.82 Å². The molecular weight excluding hydrogens is 399 g/mol. The summed E-state index contributed by atoms with van der Waals surface area (Å²) in [4.78, 5) is 14.7. The number of nitrogens with zero attached hydrogens (tertiary/aromatic N) is 5. The van der Waals surface area contributed by atoms with Crippen molar-refractivity contribution in [1.82, 2.24) is 10.1 Å². The number of aromatic nitrogens is 2. The summed E-state index contributed by atoms with van der Waals surface area (Å²) < 4.78 is 49.0. The van der Waals surface area contributed by atoms with Crippen molar-refractivity contribution >= 4 is 18.1 Å². The van der Waals surface area contributed by atoms with Crippen LogP contribution in [0, 0.1) is 5.41 Å². The van der Waals surface area contributed by atoms with E-state index in [1.54, 1.807) is 6.07 Å². The van der Waals surface area contributed by atoms with Crippen LogP contribution in [0.15, 0.2) is 32.7 Å². The van der Waals surface area contributed by atoms with Gasteiger partial charge in [0.25, 0.3) is 0 Å². The molecular formula is C20H20F3N5O2. The second kappa shape index (κ2) is 6.63. The Labute approximate surface area is 170 Å². The molecule has 1 spiro atoms. The second-order valence-electron chi connectivity index (χ2n) is 8.07. The van der Waals surface area contributed by atoms with Gasteiger partial charge in [0.15, 0.2) is 0 Å². The van der Waals surface area contributed by atoms with Crippen molar-refractivity contribution in [2.45, 2.75) is 44.7 Å². The predicted octanol–water partition coefficient (Wildman–Crippen LogP) is 3.39. The molecule has 158 valence electrons. The molecule has 0 saturated carbocycles. The van der Waals surface area contributed by atoms with Gasteiger partial charge in [-0.05, 0) is 44.0 Å². The van der Waals surface area contributed by atoms with Gasteiger partial charge in [-0.2, -0.15) is 18.2 Å². The van der Waals surface area contributed by atoms with Crippen LogP contribution in [-0.2, 0) is 17.3 Å². The minimum Gasteiger partial charge on any atom is -0.372 e. The number of halogens is 3. The third kappa shape index (κ3) is 3.01. The lowest BCUT2D eigenvalue weighted by atomic mass is 9.69. The Morgan fingerprint density at radius 2 is 1.93 bits per heavy atom. The standard InChI is InChI=1S/C20H20F3N5O2/c1-11-7-28-15-4-3-13(17-26-18(30-27-17)20(21,22)23)5-14(15)6-19(8-24-10-25-9-19)16(28)12(2)29-11/h3-5,8-9,11-12,16H,6-7,10H2,1-2H3/t11-,12+,16-/m1/s1. The van der Waals surface area contributed by atoms with E-state index < -0.39 is 17.5 Å². The van der Waals surface area contributed by atoms with Crippen LogP contribution in [0.25, 0.3) is 11.4 Å². The van der Waals surface area contributed by atoms with Crippen molar-refractivity contribution in [3.63, 3.8) is 0 Å². The van der Waals surface area contributed by atoms with Crippen LogP contribution in [0.4, 0.5) is 18.9 Å². The van der Waals surface area contributed by atoms with E-state index in [0.717, 1.165) is 11.3 Å². The molecule has 1 aromatic carbocycles. The van der Waals surface area contributed by atoms with Crippen molar-refractivity contribution in [3.05, 3.63) is 29.7 Å².